The van der Waals surface area contributed by atoms with Crippen LogP contribution < -0.4 is 0 Å². The SMILES string of the molecule is CCOCCN1C2CCC1C(c1cccs1)C(C(=O)O)C2. The van der Waals surface area contributed by atoms with Gasteiger partial charge in [-0.2, -0.15) is 0 Å². The van der Waals surface area contributed by atoms with Crippen molar-refractivity contribution in [3.05, 3.63) is 22.4 Å². The Morgan fingerprint density at radius 2 is 2.38 bits per heavy atom. The van der Waals surface area contributed by atoms with E-state index in [9.17, 15) is 9.90 Å². The molecule has 3 heterocycles. The number of hydrogen-bond donors (Lipinski definition) is 1. The van der Waals surface area contributed by atoms with Gasteiger partial charge in [-0.1, -0.05) is 6.07 Å². The second-order valence-electron chi connectivity index (χ2n) is 5.95. The number of carboxylic acid groups (broad SMARTS) is 1. The number of rotatable bonds is 6. The maximum atomic E-state index is 11.7. The molecule has 2 aliphatic heterocycles. The van der Waals surface area contributed by atoms with Crippen LogP contribution in [0.2, 0.25) is 0 Å². The van der Waals surface area contributed by atoms with Gasteiger partial charge in [0.15, 0.2) is 0 Å². The van der Waals surface area contributed by atoms with Crippen LogP contribution in [0, 0.1) is 5.92 Å². The summed E-state index contributed by atoms with van der Waals surface area (Å²) in [5.41, 5.74) is 0. The van der Waals surface area contributed by atoms with Crippen molar-refractivity contribution < 1.29 is 14.6 Å². The second kappa shape index (κ2) is 6.46. The summed E-state index contributed by atoms with van der Waals surface area (Å²) < 4.78 is 5.51. The van der Waals surface area contributed by atoms with Gasteiger partial charge in [0, 0.05) is 36.0 Å². The number of hydrogen-bond acceptors (Lipinski definition) is 4. The van der Waals surface area contributed by atoms with Crippen LogP contribution in [0.1, 0.15) is 37.0 Å². The molecule has 4 atom stereocenters. The molecule has 0 amide bonds. The highest BCUT2D eigenvalue weighted by Crippen LogP contribution is 2.48. The predicted octanol–water partition coefficient (Wildman–Crippen LogP) is 2.81. The number of thiophene rings is 1. The van der Waals surface area contributed by atoms with Gasteiger partial charge >= 0.3 is 5.97 Å². The first-order valence-electron chi connectivity index (χ1n) is 7.82. The Morgan fingerprint density at radius 1 is 1.52 bits per heavy atom. The van der Waals surface area contributed by atoms with E-state index in [1.165, 1.54) is 4.88 Å². The van der Waals surface area contributed by atoms with Crippen molar-refractivity contribution in [2.75, 3.05) is 19.8 Å². The fourth-order valence-corrected chi connectivity index (χ4v) is 5.05. The summed E-state index contributed by atoms with van der Waals surface area (Å²) in [7, 11) is 0. The number of carboxylic acids is 1. The van der Waals surface area contributed by atoms with E-state index in [2.05, 4.69) is 16.3 Å². The summed E-state index contributed by atoms with van der Waals surface area (Å²) in [6, 6.07) is 4.92. The van der Waals surface area contributed by atoms with E-state index in [1.54, 1.807) is 11.3 Å². The molecule has 21 heavy (non-hydrogen) atoms. The molecule has 5 heteroatoms. The number of aliphatic carboxylic acids is 1. The fraction of sp³-hybridized carbons (Fsp3) is 0.688. The highest BCUT2D eigenvalue weighted by Gasteiger charge is 2.50. The number of fused-ring (bicyclic) bond motifs is 2. The van der Waals surface area contributed by atoms with Gasteiger partial charge in [0.25, 0.3) is 0 Å². The Bertz CT molecular complexity index is 476. The average Bonchev–Trinajstić information content (AvgIpc) is 3.07. The van der Waals surface area contributed by atoms with E-state index in [1.807, 2.05) is 13.0 Å². The summed E-state index contributed by atoms with van der Waals surface area (Å²) in [6.07, 6.45) is 3.02. The number of piperidine rings is 1. The Balaban J connectivity index is 1.81. The lowest BCUT2D eigenvalue weighted by Gasteiger charge is -2.43. The van der Waals surface area contributed by atoms with Crippen molar-refractivity contribution in [1.29, 1.82) is 0 Å². The van der Waals surface area contributed by atoms with Crippen LogP contribution in [0.5, 0.6) is 0 Å². The molecule has 1 N–H and O–H groups in total. The van der Waals surface area contributed by atoms with Gasteiger partial charge in [0.1, 0.15) is 0 Å². The van der Waals surface area contributed by atoms with Crippen LogP contribution in [0.15, 0.2) is 17.5 Å². The Hall–Kier alpha value is -0.910. The fourth-order valence-electron chi connectivity index (χ4n) is 4.10. The van der Waals surface area contributed by atoms with Crippen LogP contribution in [-0.4, -0.2) is 47.8 Å². The van der Waals surface area contributed by atoms with Gasteiger partial charge in [0.2, 0.25) is 0 Å². The second-order valence-corrected chi connectivity index (χ2v) is 6.93. The van der Waals surface area contributed by atoms with Crippen molar-refractivity contribution in [1.82, 2.24) is 4.90 Å². The lowest BCUT2D eigenvalue weighted by Crippen LogP contribution is -2.50. The maximum Gasteiger partial charge on any atom is 0.307 e. The standard InChI is InChI=1S/C16H23NO3S/c1-2-20-8-7-17-11-5-6-13(17)15(12(10-11)16(18)19)14-4-3-9-21-14/h3-4,9,11-13,15H,2,5-8,10H2,1H3,(H,18,19). The third-order valence-corrected chi connectivity index (χ3v) is 5.93. The molecule has 2 fully saturated rings. The van der Waals surface area contributed by atoms with Gasteiger partial charge < -0.3 is 9.84 Å². The van der Waals surface area contributed by atoms with Crippen molar-refractivity contribution in [3.8, 4) is 0 Å². The number of nitrogens with zero attached hydrogens (tertiary/aromatic N) is 1. The number of carbonyl (C=O) groups is 1. The summed E-state index contributed by atoms with van der Waals surface area (Å²) in [5.74, 6) is -0.720. The minimum Gasteiger partial charge on any atom is -0.481 e. The van der Waals surface area contributed by atoms with E-state index in [0.717, 1.165) is 39.0 Å². The molecule has 1 aromatic heterocycles. The van der Waals surface area contributed by atoms with Gasteiger partial charge in [-0.15, -0.1) is 11.3 Å². The molecule has 2 saturated heterocycles. The summed E-state index contributed by atoms with van der Waals surface area (Å²) in [6.45, 7) is 4.44. The van der Waals surface area contributed by atoms with Crippen LogP contribution >= 0.6 is 11.3 Å². The molecular formula is C16H23NO3S. The molecule has 0 spiro atoms. The largest absolute Gasteiger partial charge is 0.481 e. The molecule has 3 rings (SSSR count). The summed E-state index contributed by atoms with van der Waals surface area (Å²) in [5, 5.41) is 11.7. The van der Waals surface area contributed by atoms with E-state index < -0.39 is 5.97 Å². The monoisotopic (exact) mass is 309 g/mol. The quantitative estimate of drug-likeness (QED) is 0.821. The molecule has 0 aromatic carbocycles. The Morgan fingerprint density at radius 3 is 3.05 bits per heavy atom. The normalized spacial score (nSPS) is 32.4. The van der Waals surface area contributed by atoms with Crippen LogP contribution in [0.25, 0.3) is 0 Å². The van der Waals surface area contributed by atoms with Gasteiger partial charge in [-0.05, 0) is 37.6 Å². The highest BCUT2D eigenvalue weighted by molar-refractivity contribution is 7.10. The molecule has 1 aromatic rings. The van der Waals surface area contributed by atoms with Gasteiger partial charge in [-0.3, -0.25) is 9.69 Å². The third kappa shape index (κ3) is 2.87. The van der Waals surface area contributed by atoms with E-state index >= 15 is 0 Å². The molecule has 0 radical (unpaired) electrons. The topological polar surface area (TPSA) is 49.8 Å². The lowest BCUT2D eigenvalue weighted by atomic mass is 9.79. The van der Waals surface area contributed by atoms with E-state index in [-0.39, 0.29) is 11.8 Å². The first-order valence-corrected chi connectivity index (χ1v) is 8.70. The zero-order valence-corrected chi connectivity index (χ0v) is 13.2. The molecule has 2 bridgehead atoms. The van der Waals surface area contributed by atoms with Crippen LogP contribution in [0.3, 0.4) is 0 Å². The molecular weight excluding hydrogens is 286 g/mol. The zero-order chi connectivity index (χ0) is 14.8. The summed E-state index contributed by atoms with van der Waals surface area (Å²) >= 11 is 1.70. The smallest absolute Gasteiger partial charge is 0.307 e. The molecule has 2 aliphatic rings. The molecule has 116 valence electrons. The number of ether oxygens (including phenoxy) is 1. The average molecular weight is 309 g/mol. The van der Waals surface area contributed by atoms with Crippen molar-refractivity contribution >= 4 is 17.3 Å². The van der Waals surface area contributed by atoms with Crippen molar-refractivity contribution in [2.24, 2.45) is 5.92 Å². The van der Waals surface area contributed by atoms with Gasteiger partial charge in [-0.25, -0.2) is 0 Å². The Kier molecular flexibility index (Phi) is 4.62. The molecule has 0 aliphatic carbocycles. The molecule has 4 nitrogen and oxygen atoms in total. The van der Waals surface area contributed by atoms with E-state index in [0.29, 0.717) is 12.1 Å². The molecule has 4 unspecified atom stereocenters. The summed E-state index contributed by atoms with van der Waals surface area (Å²) in [4.78, 5) is 15.5. The van der Waals surface area contributed by atoms with Crippen molar-refractivity contribution in [3.63, 3.8) is 0 Å². The minimum absolute atomic E-state index is 0.142. The third-order valence-electron chi connectivity index (χ3n) is 4.95. The first kappa shape index (κ1) is 15.0. The Labute approximate surface area is 129 Å². The highest BCUT2D eigenvalue weighted by atomic mass is 32.1. The minimum atomic E-state index is -0.630. The zero-order valence-electron chi connectivity index (χ0n) is 12.4. The van der Waals surface area contributed by atoms with Crippen molar-refractivity contribution in [2.45, 2.75) is 44.2 Å². The first-order chi connectivity index (χ1) is 10.2. The predicted molar refractivity (Wildman–Crippen MR) is 82.8 cm³/mol. The van der Waals surface area contributed by atoms with E-state index in [4.69, 9.17) is 4.74 Å². The van der Waals surface area contributed by atoms with Gasteiger partial charge in [0.05, 0.1) is 12.5 Å². The van der Waals surface area contributed by atoms with Crippen LogP contribution in [0.4, 0.5) is 0 Å². The van der Waals surface area contributed by atoms with Crippen LogP contribution in [-0.2, 0) is 9.53 Å². The molecule has 0 saturated carbocycles. The maximum absolute atomic E-state index is 11.7. The lowest BCUT2D eigenvalue weighted by molar-refractivity contribution is -0.145.